The molecule has 1 saturated heterocycles. The van der Waals surface area contributed by atoms with Crippen molar-refractivity contribution in [3.8, 4) is 5.88 Å². The Bertz CT molecular complexity index is 528. The van der Waals surface area contributed by atoms with E-state index in [1.807, 2.05) is 0 Å². The molecule has 0 atom stereocenters. The second-order valence-electron chi connectivity index (χ2n) is 5.46. The van der Waals surface area contributed by atoms with Gasteiger partial charge in [-0.1, -0.05) is 11.6 Å². The summed E-state index contributed by atoms with van der Waals surface area (Å²) in [6.45, 7) is 6.43. The molecule has 3 heterocycles. The summed E-state index contributed by atoms with van der Waals surface area (Å²) in [6, 6.07) is 0. The van der Waals surface area contributed by atoms with E-state index < -0.39 is 0 Å². The molecule has 2 aliphatic heterocycles. The van der Waals surface area contributed by atoms with Crippen LogP contribution in [0.5, 0.6) is 5.88 Å². The molecule has 1 fully saturated rings. The maximum absolute atomic E-state index is 12.2. The predicted molar refractivity (Wildman–Crippen MR) is 81.6 cm³/mol. The number of aromatic nitrogens is 2. The van der Waals surface area contributed by atoms with Gasteiger partial charge in [-0.3, -0.25) is 9.69 Å². The SMILES string of the molecule is O=C(NCCCN1CCOCC1)c1nn2c(c1Cl)OCCC2. The van der Waals surface area contributed by atoms with Crippen molar-refractivity contribution in [3.05, 3.63) is 10.7 Å². The number of aryl methyl sites for hydroxylation is 1. The van der Waals surface area contributed by atoms with E-state index in [9.17, 15) is 4.79 Å². The Labute approximate surface area is 134 Å². The fraction of sp³-hybridized carbons (Fsp3) is 0.714. The Morgan fingerprint density at radius 2 is 2.09 bits per heavy atom. The number of fused-ring (bicyclic) bond motifs is 1. The lowest BCUT2D eigenvalue weighted by molar-refractivity contribution is 0.0374. The highest BCUT2D eigenvalue weighted by molar-refractivity contribution is 6.34. The summed E-state index contributed by atoms with van der Waals surface area (Å²) < 4.78 is 12.4. The average molecular weight is 329 g/mol. The van der Waals surface area contributed by atoms with Crippen LogP contribution in [0.1, 0.15) is 23.3 Å². The topological polar surface area (TPSA) is 68.6 Å². The third-order valence-corrected chi connectivity index (χ3v) is 4.20. The molecule has 0 unspecified atom stereocenters. The zero-order chi connectivity index (χ0) is 15.4. The third-order valence-electron chi connectivity index (χ3n) is 3.86. The zero-order valence-electron chi connectivity index (χ0n) is 12.5. The van der Waals surface area contributed by atoms with Crippen molar-refractivity contribution in [1.82, 2.24) is 20.0 Å². The van der Waals surface area contributed by atoms with Gasteiger partial charge in [-0.2, -0.15) is 5.10 Å². The van der Waals surface area contributed by atoms with E-state index in [4.69, 9.17) is 21.1 Å². The largest absolute Gasteiger partial charge is 0.477 e. The maximum atomic E-state index is 12.2. The minimum Gasteiger partial charge on any atom is -0.477 e. The van der Waals surface area contributed by atoms with Gasteiger partial charge in [-0.05, 0) is 13.0 Å². The fourth-order valence-corrected chi connectivity index (χ4v) is 2.93. The van der Waals surface area contributed by atoms with E-state index in [1.165, 1.54) is 0 Å². The number of halogens is 1. The molecule has 0 spiro atoms. The molecule has 1 N–H and O–H groups in total. The van der Waals surface area contributed by atoms with Gasteiger partial charge in [0.25, 0.3) is 5.91 Å². The number of morpholine rings is 1. The van der Waals surface area contributed by atoms with Gasteiger partial charge < -0.3 is 14.8 Å². The molecular weight excluding hydrogens is 308 g/mol. The standard InChI is InChI=1S/C14H21ClN4O3/c15-11-12(17-19-5-2-8-22-14(11)19)13(20)16-3-1-4-18-6-9-21-10-7-18/h1-10H2,(H,16,20). The first kappa shape index (κ1) is 15.6. The molecule has 2 aliphatic rings. The van der Waals surface area contributed by atoms with Gasteiger partial charge in [-0.25, -0.2) is 4.68 Å². The molecule has 0 aromatic carbocycles. The van der Waals surface area contributed by atoms with Crippen molar-refractivity contribution in [2.45, 2.75) is 19.4 Å². The first-order valence-corrected chi connectivity index (χ1v) is 8.11. The van der Waals surface area contributed by atoms with Crippen LogP contribution in [0.4, 0.5) is 0 Å². The van der Waals surface area contributed by atoms with E-state index >= 15 is 0 Å². The molecule has 0 radical (unpaired) electrons. The second kappa shape index (κ2) is 7.30. The van der Waals surface area contributed by atoms with Crippen LogP contribution in [-0.2, 0) is 11.3 Å². The van der Waals surface area contributed by atoms with Crippen LogP contribution in [0.2, 0.25) is 5.02 Å². The lowest BCUT2D eigenvalue weighted by atomic mass is 10.3. The number of rotatable bonds is 5. The zero-order valence-corrected chi connectivity index (χ0v) is 13.3. The van der Waals surface area contributed by atoms with Crippen LogP contribution in [0.25, 0.3) is 0 Å². The minimum absolute atomic E-state index is 0.238. The first-order chi connectivity index (χ1) is 10.8. The van der Waals surface area contributed by atoms with Crippen LogP contribution < -0.4 is 10.1 Å². The van der Waals surface area contributed by atoms with Crippen molar-refractivity contribution in [2.75, 3.05) is 46.0 Å². The highest BCUT2D eigenvalue weighted by atomic mass is 35.5. The fourth-order valence-electron chi connectivity index (χ4n) is 2.66. The van der Waals surface area contributed by atoms with Gasteiger partial charge >= 0.3 is 0 Å². The summed E-state index contributed by atoms with van der Waals surface area (Å²) in [7, 11) is 0. The van der Waals surface area contributed by atoms with Crippen molar-refractivity contribution in [2.24, 2.45) is 0 Å². The molecular formula is C14H21ClN4O3. The number of carbonyl (C=O) groups is 1. The summed E-state index contributed by atoms with van der Waals surface area (Å²) in [6.07, 6.45) is 1.78. The van der Waals surface area contributed by atoms with Crippen molar-refractivity contribution < 1.29 is 14.3 Å². The molecule has 3 rings (SSSR count). The number of nitrogens with zero attached hydrogens (tertiary/aromatic N) is 3. The van der Waals surface area contributed by atoms with Gasteiger partial charge in [0.15, 0.2) is 5.69 Å². The molecule has 22 heavy (non-hydrogen) atoms. The highest BCUT2D eigenvalue weighted by Gasteiger charge is 2.24. The maximum Gasteiger partial charge on any atom is 0.273 e. The molecule has 122 valence electrons. The minimum atomic E-state index is -0.238. The predicted octanol–water partition coefficient (Wildman–Crippen LogP) is 0.771. The van der Waals surface area contributed by atoms with Gasteiger partial charge in [0.2, 0.25) is 5.88 Å². The summed E-state index contributed by atoms with van der Waals surface area (Å²) >= 11 is 6.18. The third kappa shape index (κ3) is 3.53. The molecule has 0 aliphatic carbocycles. The number of hydrogen-bond acceptors (Lipinski definition) is 5. The average Bonchev–Trinajstić information content (AvgIpc) is 2.90. The van der Waals surface area contributed by atoms with Crippen LogP contribution in [0.3, 0.4) is 0 Å². The molecule has 7 nitrogen and oxygen atoms in total. The van der Waals surface area contributed by atoms with Crippen molar-refractivity contribution in [1.29, 1.82) is 0 Å². The Hall–Kier alpha value is -1.31. The summed E-state index contributed by atoms with van der Waals surface area (Å²) in [4.78, 5) is 14.5. The van der Waals surface area contributed by atoms with E-state index in [0.717, 1.165) is 52.2 Å². The molecule has 0 saturated carbocycles. The Morgan fingerprint density at radius 3 is 2.86 bits per heavy atom. The molecule has 0 bridgehead atoms. The Kier molecular flexibility index (Phi) is 5.17. The van der Waals surface area contributed by atoms with E-state index in [1.54, 1.807) is 4.68 Å². The second-order valence-corrected chi connectivity index (χ2v) is 5.83. The molecule has 8 heteroatoms. The number of nitrogens with one attached hydrogen (secondary N) is 1. The number of hydrogen-bond donors (Lipinski definition) is 1. The van der Waals surface area contributed by atoms with Crippen LogP contribution in [0.15, 0.2) is 0 Å². The Balaban J connectivity index is 1.46. The normalized spacial score (nSPS) is 18.6. The van der Waals surface area contributed by atoms with Crippen molar-refractivity contribution in [3.63, 3.8) is 0 Å². The summed E-state index contributed by atoms with van der Waals surface area (Å²) in [5, 5.41) is 7.43. The van der Waals surface area contributed by atoms with Gasteiger partial charge in [0, 0.05) is 32.6 Å². The van der Waals surface area contributed by atoms with Gasteiger partial charge in [-0.15, -0.1) is 0 Å². The smallest absolute Gasteiger partial charge is 0.273 e. The van der Waals surface area contributed by atoms with Crippen LogP contribution in [0, 0.1) is 0 Å². The van der Waals surface area contributed by atoms with E-state index in [2.05, 4.69) is 15.3 Å². The Morgan fingerprint density at radius 1 is 1.27 bits per heavy atom. The van der Waals surface area contributed by atoms with Crippen LogP contribution >= 0.6 is 11.6 Å². The number of ether oxygens (including phenoxy) is 2. The summed E-state index contributed by atoms with van der Waals surface area (Å²) in [5.74, 6) is 0.267. The molecule has 1 aromatic rings. The van der Waals surface area contributed by atoms with E-state index in [-0.39, 0.29) is 11.6 Å². The van der Waals surface area contributed by atoms with Gasteiger partial charge in [0.1, 0.15) is 5.02 Å². The lowest BCUT2D eigenvalue weighted by Crippen LogP contribution is -2.38. The molecule has 1 amide bonds. The van der Waals surface area contributed by atoms with Crippen molar-refractivity contribution >= 4 is 17.5 Å². The number of carbonyl (C=O) groups excluding carboxylic acids is 1. The summed E-state index contributed by atoms with van der Waals surface area (Å²) in [5.41, 5.74) is 0.255. The highest BCUT2D eigenvalue weighted by Crippen LogP contribution is 2.30. The molecule has 1 aromatic heterocycles. The first-order valence-electron chi connectivity index (χ1n) is 7.73. The van der Waals surface area contributed by atoms with E-state index in [0.29, 0.717) is 24.1 Å². The quantitative estimate of drug-likeness (QED) is 0.809. The lowest BCUT2D eigenvalue weighted by Gasteiger charge is -2.26. The monoisotopic (exact) mass is 328 g/mol. The van der Waals surface area contributed by atoms with Crippen LogP contribution in [-0.4, -0.2) is 66.6 Å². The number of amides is 1. The van der Waals surface area contributed by atoms with Gasteiger partial charge in [0.05, 0.1) is 19.8 Å².